The van der Waals surface area contributed by atoms with Gasteiger partial charge in [-0.25, -0.2) is 9.97 Å². The summed E-state index contributed by atoms with van der Waals surface area (Å²) >= 11 is 0. The zero-order valence-electron chi connectivity index (χ0n) is 19.9. The number of rotatable bonds is 7. The maximum atomic E-state index is 13.1. The van der Waals surface area contributed by atoms with E-state index in [1.807, 2.05) is 60.0 Å². The lowest BCUT2D eigenvalue weighted by atomic mass is 10.1. The highest BCUT2D eigenvalue weighted by molar-refractivity contribution is 6.00. The molecule has 0 aliphatic carbocycles. The minimum Gasteiger partial charge on any atom is -0.496 e. The smallest absolute Gasteiger partial charge is 0.259 e. The van der Waals surface area contributed by atoms with Gasteiger partial charge in [-0.2, -0.15) is 5.10 Å². The SMILES string of the molecule is COc1cc(-n2cnc3cc(-c4cnn(C)c4)ccc32)cc(OC)c1C(=O)NCc1nccn1C. The van der Waals surface area contributed by atoms with Crippen LogP contribution in [0.5, 0.6) is 11.5 Å². The monoisotopic (exact) mass is 471 g/mol. The van der Waals surface area contributed by atoms with Crippen LogP contribution in [0, 0.1) is 0 Å². The van der Waals surface area contributed by atoms with Crippen molar-refractivity contribution in [1.82, 2.24) is 34.2 Å². The maximum absolute atomic E-state index is 13.1. The standard InChI is InChI=1S/C25H25N7O3/c1-30-8-7-26-23(30)13-27-25(33)24-21(34-3)10-18(11-22(24)35-4)32-15-28-19-9-16(5-6-20(19)32)17-12-29-31(2)14-17/h5-12,14-15H,13H2,1-4H3,(H,27,33). The molecule has 0 saturated heterocycles. The Morgan fingerprint density at radius 1 is 1.03 bits per heavy atom. The van der Waals surface area contributed by atoms with Crippen LogP contribution < -0.4 is 14.8 Å². The number of hydrogen-bond donors (Lipinski definition) is 1. The van der Waals surface area contributed by atoms with E-state index in [0.717, 1.165) is 33.7 Å². The number of carbonyl (C=O) groups excluding carboxylic acids is 1. The first-order chi connectivity index (χ1) is 17.0. The van der Waals surface area contributed by atoms with Gasteiger partial charge < -0.3 is 19.4 Å². The molecule has 1 amide bonds. The summed E-state index contributed by atoms with van der Waals surface area (Å²) in [5, 5.41) is 7.14. The van der Waals surface area contributed by atoms with E-state index in [-0.39, 0.29) is 12.5 Å². The summed E-state index contributed by atoms with van der Waals surface area (Å²) in [6.07, 6.45) is 9.04. The molecule has 35 heavy (non-hydrogen) atoms. The highest BCUT2D eigenvalue weighted by Crippen LogP contribution is 2.34. The fourth-order valence-electron chi connectivity index (χ4n) is 4.04. The summed E-state index contributed by atoms with van der Waals surface area (Å²) < 4.78 is 16.7. The topological polar surface area (TPSA) is 101 Å². The Kier molecular flexibility index (Phi) is 5.69. The van der Waals surface area contributed by atoms with E-state index in [4.69, 9.17) is 9.47 Å². The molecular formula is C25H25N7O3. The second-order valence-electron chi connectivity index (χ2n) is 8.08. The minimum absolute atomic E-state index is 0.280. The van der Waals surface area contributed by atoms with Crippen LogP contribution in [0.15, 0.2) is 61.4 Å². The van der Waals surface area contributed by atoms with E-state index in [2.05, 4.69) is 20.4 Å². The van der Waals surface area contributed by atoms with Crippen LogP contribution in [0.3, 0.4) is 0 Å². The first-order valence-corrected chi connectivity index (χ1v) is 11.0. The Morgan fingerprint density at radius 3 is 2.43 bits per heavy atom. The average molecular weight is 472 g/mol. The summed E-state index contributed by atoms with van der Waals surface area (Å²) in [5.74, 6) is 1.21. The highest BCUT2D eigenvalue weighted by atomic mass is 16.5. The number of aromatic nitrogens is 6. The number of imidazole rings is 2. The highest BCUT2D eigenvalue weighted by Gasteiger charge is 2.21. The van der Waals surface area contributed by atoms with Crippen molar-refractivity contribution < 1.29 is 14.3 Å². The van der Waals surface area contributed by atoms with Gasteiger partial charge in [-0.15, -0.1) is 0 Å². The molecule has 0 aliphatic rings. The molecular weight excluding hydrogens is 446 g/mol. The number of hydrogen-bond acceptors (Lipinski definition) is 6. The molecule has 2 aromatic carbocycles. The zero-order valence-corrected chi connectivity index (χ0v) is 19.9. The van der Waals surface area contributed by atoms with Crippen molar-refractivity contribution in [3.8, 4) is 28.3 Å². The van der Waals surface area contributed by atoms with Gasteiger partial charge in [0.05, 0.1) is 43.7 Å². The normalized spacial score (nSPS) is 11.1. The van der Waals surface area contributed by atoms with Crippen LogP contribution in [0.1, 0.15) is 16.2 Å². The Morgan fingerprint density at radius 2 is 1.80 bits per heavy atom. The van der Waals surface area contributed by atoms with Crippen LogP contribution in [-0.4, -0.2) is 49.0 Å². The Balaban J connectivity index is 1.49. The third-order valence-electron chi connectivity index (χ3n) is 5.91. The second kappa shape index (κ2) is 8.98. The van der Waals surface area contributed by atoms with Gasteiger partial charge in [-0.3, -0.25) is 14.0 Å². The second-order valence-corrected chi connectivity index (χ2v) is 8.08. The fourth-order valence-corrected chi connectivity index (χ4v) is 4.04. The molecule has 0 saturated carbocycles. The molecule has 0 aliphatic heterocycles. The van der Waals surface area contributed by atoms with Gasteiger partial charge in [-0.1, -0.05) is 6.07 Å². The van der Waals surface area contributed by atoms with Crippen molar-refractivity contribution in [1.29, 1.82) is 0 Å². The molecule has 10 heteroatoms. The summed E-state index contributed by atoms with van der Waals surface area (Å²) in [5.41, 5.74) is 4.88. The molecule has 0 spiro atoms. The van der Waals surface area contributed by atoms with Crippen molar-refractivity contribution >= 4 is 16.9 Å². The number of ether oxygens (including phenoxy) is 2. The average Bonchev–Trinajstić information content (AvgIpc) is 3.60. The van der Waals surface area contributed by atoms with E-state index in [9.17, 15) is 4.79 Å². The van der Waals surface area contributed by atoms with Gasteiger partial charge in [0, 0.05) is 50.4 Å². The number of carbonyl (C=O) groups is 1. The zero-order chi connectivity index (χ0) is 24.5. The molecule has 0 bridgehead atoms. The lowest BCUT2D eigenvalue weighted by Gasteiger charge is -2.16. The molecule has 5 aromatic rings. The van der Waals surface area contributed by atoms with Gasteiger partial charge in [0.25, 0.3) is 5.91 Å². The summed E-state index contributed by atoms with van der Waals surface area (Å²) in [4.78, 5) is 21.9. The quantitative estimate of drug-likeness (QED) is 0.391. The van der Waals surface area contributed by atoms with Crippen LogP contribution >= 0.6 is 0 Å². The van der Waals surface area contributed by atoms with Crippen molar-refractivity contribution in [2.75, 3.05) is 14.2 Å². The molecule has 0 atom stereocenters. The minimum atomic E-state index is -0.315. The number of benzene rings is 2. The fraction of sp³-hybridized carbons (Fsp3) is 0.200. The van der Waals surface area contributed by atoms with Crippen LogP contribution in [0.4, 0.5) is 0 Å². The number of fused-ring (bicyclic) bond motifs is 1. The molecule has 0 fully saturated rings. The first kappa shape index (κ1) is 22.2. The number of amides is 1. The Hall–Kier alpha value is -4.60. The molecule has 178 valence electrons. The van der Waals surface area contributed by atoms with E-state index < -0.39 is 0 Å². The van der Waals surface area contributed by atoms with Crippen molar-refractivity contribution in [2.45, 2.75) is 6.54 Å². The van der Waals surface area contributed by atoms with E-state index in [0.29, 0.717) is 17.1 Å². The van der Waals surface area contributed by atoms with Gasteiger partial charge >= 0.3 is 0 Å². The number of nitrogens with zero attached hydrogens (tertiary/aromatic N) is 6. The van der Waals surface area contributed by atoms with Gasteiger partial charge in [0.2, 0.25) is 0 Å². The first-order valence-electron chi connectivity index (χ1n) is 11.0. The lowest BCUT2D eigenvalue weighted by Crippen LogP contribution is -2.25. The van der Waals surface area contributed by atoms with E-state index >= 15 is 0 Å². The molecule has 3 heterocycles. The van der Waals surface area contributed by atoms with Gasteiger partial charge in [0.15, 0.2) is 0 Å². The van der Waals surface area contributed by atoms with Crippen LogP contribution in [0.2, 0.25) is 0 Å². The molecule has 0 radical (unpaired) electrons. The van der Waals surface area contributed by atoms with E-state index in [1.165, 1.54) is 14.2 Å². The largest absolute Gasteiger partial charge is 0.496 e. The predicted molar refractivity (Wildman–Crippen MR) is 131 cm³/mol. The maximum Gasteiger partial charge on any atom is 0.259 e. The third-order valence-corrected chi connectivity index (χ3v) is 5.91. The molecule has 3 aromatic heterocycles. The number of nitrogens with one attached hydrogen (secondary N) is 1. The lowest BCUT2D eigenvalue weighted by molar-refractivity contribution is 0.0943. The Bertz CT molecular complexity index is 1500. The molecule has 10 nitrogen and oxygen atoms in total. The summed E-state index contributed by atoms with van der Waals surface area (Å²) in [7, 11) is 6.82. The predicted octanol–water partition coefficient (Wildman–Crippen LogP) is 3.11. The molecule has 0 unspecified atom stereocenters. The number of methoxy groups -OCH3 is 2. The van der Waals surface area contributed by atoms with Crippen molar-refractivity contribution in [2.24, 2.45) is 14.1 Å². The van der Waals surface area contributed by atoms with Gasteiger partial charge in [-0.05, 0) is 17.7 Å². The molecule has 1 N–H and O–H groups in total. The van der Waals surface area contributed by atoms with E-state index in [1.54, 1.807) is 29.3 Å². The van der Waals surface area contributed by atoms with Crippen molar-refractivity contribution in [3.05, 3.63) is 72.8 Å². The molecule has 5 rings (SSSR count). The summed E-state index contributed by atoms with van der Waals surface area (Å²) in [6.45, 7) is 0.280. The van der Waals surface area contributed by atoms with Gasteiger partial charge in [0.1, 0.15) is 29.2 Å². The Labute approximate surface area is 201 Å². The van der Waals surface area contributed by atoms with Crippen LogP contribution in [0.25, 0.3) is 27.8 Å². The third kappa shape index (κ3) is 4.10. The summed E-state index contributed by atoms with van der Waals surface area (Å²) in [6, 6.07) is 9.67. The van der Waals surface area contributed by atoms with Crippen LogP contribution in [-0.2, 0) is 20.6 Å². The van der Waals surface area contributed by atoms with Crippen molar-refractivity contribution in [3.63, 3.8) is 0 Å². The number of aryl methyl sites for hydroxylation is 2.